The molecule has 1 spiro atoms. The minimum absolute atomic E-state index is 0.0273. The van der Waals surface area contributed by atoms with E-state index in [4.69, 9.17) is 11.6 Å². The third-order valence-corrected chi connectivity index (χ3v) is 11.7. The van der Waals surface area contributed by atoms with Gasteiger partial charge in [0.25, 0.3) is 0 Å². The summed E-state index contributed by atoms with van der Waals surface area (Å²) in [5.41, 5.74) is 5.44. The van der Waals surface area contributed by atoms with Crippen LogP contribution in [-0.2, 0) is 15.0 Å². The molecular formula is C33H35ClN4O4. The number of aromatic nitrogens is 2. The topological polar surface area (TPSA) is 110 Å². The van der Waals surface area contributed by atoms with Gasteiger partial charge in [-0.3, -0.25) is 14.4 Å². The second-order valence-electron chi connectivity index (χ2n) is 13.8. The molecule has 4 heterocycles. The SMILES string of the molecule is CCC1(C(=O)N2CC3CC34C2=CC(=O)c2[nH]cc(C)c24)CC(C)(C(=O)N2CC(CCl)c3c2cc(O)c2[nH]cc(C)c32)C1. The number of carbonyl (C=O) groups excluding carboxylic acids is 3. The highest BCUT2D eigenvalue weighted by molar-refractivity contribution is 6.19. The van der Waals surface area contributed by atoms with Crippen molar-refractivity contribution in [2.45, 2.75) is 64.7 Å². The molecule has 5 aliphatic rings. The van der Waals surface area contributed by atoms with E-state index in [1.807, 2.05) is 45.0 Å². The lowest BCUT2D eigenvalue weighted by Crippen LogP contribution is -2.60. The molecule has 3 aliphatic carbocycles. The zero-order valence-electron chi connectivity index (χ0n) is 24.4. The van der Waals surface area contributed by atoms with Crippen LogP contribution >= 0.6 is 11.6 Å². The molecule has 3 fully saturated rings. The highest BCUT2D eigenvalue weighted by Gasteiger charge is 2.70. The van der Waals surface area contributed by atoms with E-state index in [0.717, 1.165) is 39.8 Å². The molecule has 0 radical (unpaired) electrons. The number of rotatable bonds is 4. The number of piperidine rings is 1. The Labute approximate surface area is 249 Å². The Hall–Kier alpha value is -3.52. The Kier molecular flexibility index (Phi) is 5.04. The number of aryl methyl sites for hydroxylation is 2. The molecule has 218 valence electrons. The van der Waals surface area contributed by atoms with Crippen LogP contribution in [0.2, 0.25) is 0 Å². The molecule has 8 rings (SSSR count). The van der Waals surface area contributed by atoms with Crippen LogP contribution in [0.4, 0.5) is 5.69 Å². The fraction of sp³-hybridized carbons (Fsp3) is 0.485. The smallest absolute Gasteiger partial charge is 0.233 e. The van der Waals surface area contributed by atoms with Crippen LogP contribution in [0.5, 0.6) is 5.75 Å². The molecule has 2 saturated carbocycles. The first-order valence-electron chi connectivity index (χ1n) is 15.0. The molecule has 3 aromatic rings. The zero-order chi connectivity index (χ0) is 29.5. The van der Waals surface area contributed by atoms with Gasteiger partial charge in [0.15, 0.2) is 0 Å². The number of hydrogen-bond acceptors (Lipinski definition) is 4. The van der Waals surface area contributed by atoms with Crippen LogP contribution in [0.15, 0.2) is 30.2 Å². The van der Waals surface area contributed by atoms with E-state index < -0.39 is 10.8 Å². The summed E-state index contributed by atoms with van der Waals surface area (Å²) >= 11 is 6.43. The molecule has 0 bridgehead atoms. The number of nitrogens with zero attached hydrogens (tertiary/aromatic N) is 2. The first-order chi connectivity index (χ1) is 20.0. The maximum absolute atomic E-state index is 14.4. The van der Waals surface area contributed by atoms with Crippen LogP contribution < -0.4 is 4.90 Å². The Morgan fingerprint density at radius 2 is 1.83 bits per heavy atom. The molecule has 9 heteroatoms. The molecule has 2 aliphatic heterocycles. The average molecular weight is 587 g/mol. The minimum atomic E-state index is -0.719. The van der Waals surface area contributed by atoms with E-state index in [1.54, 1.807) is 17.0 Å². The molecule has 3 N–H and O–H groups in total. The fourth-order valence-corrected chi connectivity index (χ4v) is 9.60. The summed E-state index contributed by atoms with van der Waals surface area (Å²) in [6.45, 7) is 9.09. The van der Waals surface area contributed by atoms with Gasteiger partial charge in [-0.25, -0.2) is 0 Å². The third-order valence-electron chi connectivity index (χ3n) is 11.3. The van der Waals surface area contributed by atoms with Gasteiger partial charge in [-0.05, 0) is 67.7 Å². The van der Waals surface area contributed by atoms with Gasteiger partial charge in [-0.15, -0.1) is 11.6 Å². The van der Waals surface area contributed by atoms with Gasteiger partial charge in [-0.2, -0.15) is 0 Å². The first kappa shape index (κ1) is 26.1. The van der Waals surface area contributed by atoms with Gasteiger partial charge in [0, 0.05) is 71.3 Å². The zero-order valence-corrected chi connectivity index (χ0v) is 25.1. The Bertz CT molecular complexity index is 1790. The van der Waals surface area contributed by atoms with Gasteiger partial charge >= 0.3 is 0 Å². The normalized spacial score (nSPS) is 32.3. The summed E-state index contributed by atoms with van der Waals surface area (Å²) in [6, 6.07) is 1.68. The van der Waals surface area contributed by atoms with E-state index in [-0.39, 0.29) is 34.7 Å². The first-order valence-corrected chi connectivity index (χ1v) is 15.5. The Balaban J connectivity index is 1.09. The van der Waals surface area contributed by atoms with Crippen molar-refractivity contribution >= 4 is 45.8 Å². The van der Waals surface area contributed by atoms with Crippen LogP contribution in [-0.4, -0.2) is 56.5 Å². The van der Waals surface area contributed by atoms with Crippen LogP contribution in [0, 0.1) is 30.6 Å². The summed E-state index contributed by atoms with van der Waals surface area (Å²) in [4.78, 5) is 51.7. The Morgan fingerprint density at radius 1 is 1.10 bits per heavy atom. The maximum atomic E-state index is 14.4. The van der Waals surface area contributed by atoms with Crippen molar-refractivity contribution in [3.8, 4) is 5.75 Å². The van der Waals surface area contributed by atoms with Crippen LogP contribution in [0.25, 0.3) is 10.9 Å². The number of ketones is 1. The number of hydrogen-bond donors (Lipinski definition) is 3. The minimum Gasteiger partial charge on any atom is -0.506 e. The summed E-state index contributed by atoms with van der Waals surface area (Å²) in [5.74, 6) is 0.698. The second kappa shape index (κ2) is 8.10. The number of nitrogens with one attached hydrogen (secondary N) is 2. The number of phenols is 1. The summed E-state index contributed by atoms with van der Waals surface area (Å²) in [7, 11) is 0. The molecule has 2 aromatic heterocycles. The number of allylic oxidation sites excluding steroid dienone is 2. The lowest BCUT2D eigenvalue weighted by molar-refractivity contribution is -0.161. The summed E-state index contributed by atoms with van der Waals surface area (Å²) in [5, 5.41) is 11.7. The van der Waals surface area contributed by atoms with Crippen molar-refractivity contribution in [2.24, 2.45) is 16.7 Å². The van der Waals surface area contributed by atoms with E-state index in [2.05, 4.69) is 9.97 Å². The molecular weight excluding hydrogens is 552 g/mol. The number of likely N-dealkylation sites (tertiary alicyclic amines) is 1. The number of phenolic OH excluding ortho intramolecular Hbond substituents is 1. The van der Waals surface area contributed by atoms with Gasteiger partial charge in [0.2, 0.25) is 17.6 Å². The van der Waals surface area contributed by atoms with Crippen LogP contribution in [0.1, 0.15) is 78.2 Å². The number of aromatic hydroxyl groups is 1. The predicted molar refractivity (Wildman–Crippen MR) is 160 cm³/mol. The molecule has 3 atom stereocenters. The number of halogens is 1. The number of H-pyrrole nitrogens is 2. The average Bonchev–Trinajstić information content (AvgIpc) is 3.33. The van der Waals surface area contributed by atoms with E-state index in [9.17, 15) is 19.5 Å². The number of alkyl halides is 1. The fourth-order valence-electron chi connectivity index (χ4n) is 9.35. The van der Waals surface area contributed by atoms with E-state index in [0.29, 0.717) is 61.0 Å². The summed E-state index contributed by atoms with van der Waals surface area (Å²) in [6.07, 6.45) is 7.95. The molecule has 2 amide bonds. The second-order valence-corrected chi connectivity index (χ2v) is 14.1. The standard InChI is InChI=1S/C33H35ClN4O4/c1-5-32(30(42)38-13-19-8-33(19)23(38)7-22(40)28-26(33)17(3)11-36-28)14-31(4,15-32)29(41)37-12-18(9-34)25-20(37)6-21(39)27-24(25)16(2)10-35-27/h6-7,10-11,18-19,35-36,39H,5,8-9,12-15H2,1-4H3. The largest absolute Gasteiger partial charge is 0.506 e. The highest BCUT2D eigenvalue weighted by atomic mass is 35.5. The quantitative estimate of drug-likeness (QED) is 0.347. The molecule has 3 unspecified atom stereocenters. The Morgan fingerprint density at radius 3 is 2.55 bits per heavy atom. The number of carbonyl (C=O) groups is 3. The third kappa shape index (κ3) is 2.96. The van der Waals surface area contributed by atoms with Crippen molar-refractivity contribution in [2.75, 3.05) is 23.9 Å². The lowest BCUT2D eigenvalue weighted by atomic mass is 9.51. The highest BCUT2D eigenvalue weighted by Crippen LogP contribution is 2.69. The van der Waals surface area contributed by atoms with Crippen molar-refractivity contribution < 1.29 is 19.5 Å². The van der Waals surface area contributed by atoms with Crippen molar-refractivity contribution in [1.82, 2.24) is 14.9 Å². The lowest BCUT2D eigenvalue weighted by Gasteiger charge is -2.54. The number of anilines is 1. The van der Waals surface area contributed by atoms with E-state index >= 15 is 0 Å². The molecule has 42 heavy (non-hydrogen) atoms. The van der Waals surface area contributed by atoms with Gasteiger partial charge in [-0.1, -0.05) is 13.8 Å². The van der Waals surface area contributed by atoms with Crippen molar-refractivity contribution in [3.05, 3.63) is 58.2 Å². The summed E-state index contributed by atoms with van der Waals surface area (Å²) < 4.78 is 0. The van der Waals surface area contributed by atoms with Crippen LogP contribution in [0.3, 0.4) is 0 Å². The monoisotopic (exact) mass is 586 g/mol. The molecule has 8 nitrogen and oxygen atoms in total. The number of amides is 2. The number of aromatic amines is 2. The van der Waals surface area contributed by atoms with Gasteiger partial charge in [0.1, 0.15) is 5.75 Å². The van der Waals surface area contributed by atoms with Crippen molar-refractivity contribution in [1.29, 1.82) is 0 Å². The van der Waals surface area contributed by atoms with E-state index in [1.165, 1.54) is 0 Å². The maximum Gasteiger partial charge on any atom is 0.233 e. The molecule has 1 aromatic carbocycles. The van der Waals surface area contributed by atoms with Gasteiger partial charge in [0.05, 0.1) is 22.3 Å². The number of fused-ring (bicyclic) bond motifs is 4. The number of benzene rings is 1. The van der Waals surface area contributed by atoms with Gasteiger partial charge < -0.3 is 24.9 Å². The molecule has 1 saturated heterocycles. The predicted octanol–water partition coefficient (Wildman–Crippen LogP) is 5.56. The van der Waals surface area contributed by atoms with Crippen molar-refractivity contribution in [3.63, 3.8) is 0 Å².